The van der Waals surface area contributed by atoms with Gasteiger partial charge in [-0.05, 0) is 96.1 Å². The molecule has 11 nitrogen and oxygen atoms in total. The number of carbonyl (C=O) groups is 1. The number of benzene rings is 4. The molecule has 12 heteroatoms. The average Bonchev–Trinajstić information content (AvgIpc) is 3.16. The van der Waals surface area contributed by atoms with Crippen LogP contribution < -0.4 is 34.3 Å². The summed E-state index contributed by atoms with van der Waals surface area (Å²) in [7, 11) is 4.67. The van der Waals surface area contributed by atoms with E-state index in [1.165, 1.54) is 7.11 Å². The molecule has 1 amide bonds. The fraction of sp³-hybridized carbons (Fsp3) is 0.308. The van der Waals surface area contributed by atoms with E-state index in [1.54, 1.807) is 44.6 Å². The van der Waals surface area contributed by atoms with Crippen LogP contribution in [0, 0.1) is 0 Å². The van der Waals surface area contributed by atoms with Gasteiger partial charge in [0.2, 0.25) is 5.75 Å². The Morgan fingerprint density at radius 2 is 1.33 bits per heavy atom. The number of halogens is 1. The average molecular weight is 719 g/mol. The molecule has 4 aromatic rings. The van der Waals surface area contributed by atoms with Crippen LogP contribution in [0.2, 0.25) is 5.02 Å². The summed E-state index contributed by atoms with van der Waals surface area (Å²) in [6.45, 7) is 0.236. The number of amides is 1. The number of unbranched alkanes of at least 4 members (excludes halogenated alkanes) is 2. The van der Waals surface area contributed by atoms with E-state index in [1.807, 2.05) is 42.5 Å². The second-order valence-corrected chi connectivity index (χ2v) is 12.2. The van der Waals surface area contributed by atoms with Gasteiger partial charge in [-0.1, -0.05) is 29.8 Å². The minimum atomic E-state index is -0.461. The number of nitrogens with one attached hydrogen (secondary N) is 2. The summed E-state index contributed by atoms with van der Waals surface area (Å²) in [5, 5.41) is 36.2. The van der Waals surface area contributed by atoms with Crippen LogP contribution in [0.5, 0.6) is 28.7 Å². The van der Waals surface area contributed by atoms with Crippen LogP contribution in [0.25, 0.3) is 12.2 Å². The number of carbonyl (C=O) groups excluding carboxylic acids is 1. The zero-order valence-electron chi connectivity index (χ0n) is 28.8. The molecule has 1 atom stereocenters. The summed E-state index contributed by atoms with van der Waals surface area (Å²) < 4.78 is 28.8. The van der Waals surface area contributed by atoms with Crippen LogP contribution in [0.1, 0.15) is 69.2 Å². The number of ether oxygens (including phenoxy) is 5. The van der Waals surface area contributed by atoms with Crippen LogP contribution in [-0.4, -0.2) is 55.8 Å². The number of fused-ring (bicyclic) bond motifs is 1. The van der Waals surface area contributed by atoms with E-state index in [-0.39, 0.29) is 25.7 Å². The number of aliphatic hydroxyl groups is 3. The highest BCUT2D eigenvalue weighted by Gasteiger charge is 2.25. The SMILES string of the molecule is COc1cc(/C=C\c2cc(OC)c(OCCCCCOc3ccc(C4NC(=O)c5cc(Cl)ccc5N4)cc3CO)c(OC)c2)cc(CO)c1CO. The highest BCUT2D eigenvalue weighted by atomic mass is 35.5. The minimum absolute atomic E-state index is 0.209. The highest BCUT2D eigenvalue weighted by Crippen LogP contribution is 2.39. The van der Waals surface area contributed by atoms with Crippen molar-refractivity contribution in [3.8, 4) is 28.7 Å². The third kappa shape index (κ3) is 9.05. The van der Waals surface area contributed by atoms with Crippen molar-refractivity contribution < 1.29 is 43.8 Å². The van der Waals surface area contributed by atoms with E-state index in [0.29, 0.717) is 74.9 Å². The van der Waals surface area contributed by atoms with Gasteiger partial charge in [-0.15, -0.1) is 0 Å². The third-order valence-electron chi connectivity index (χ3n) is 8.51. The molecule has 1 heterocycles. The first kappa shape index (κ1) is 37.3. The van der Waals surface area contributed by atoms with Gasteiger partial charge in [-0.3, -0.25) is 4.79 Å². The highest BCUT2D eigenvalue weighted by molar-refractivity contribution is 6.31. The maximum Gasteiger partial charge on any atom is 0.255 e. The molecule has 1 unspecified atom stereocenters. The lowest BCUT2D eigenvalue weighted by Gasteiger charge is -2.28. The van der Waals surface area contributed by atoms with Crippen molar-refractivity contribution in [2.24, 2.45) is 0 Å². The number of hydrogen-bond donors (Lipinski definition) is 5. The van der Waals surface area contributed by atoms with Gasteiger partial charge in [0, 0.05) is 21.8 Å². The monoisotopic (exact) mass is 718 g/mol. The van der Waals surface area contributed by atoms with Gasteiger partial charge < -0.3 is 49.6 Å². The van der Waals surface area contributed by atoms with Crippen molar-refractivity contribution in [2.45, 2.75) is 45.2 Å². The molecule has 51 heavy (non-hydrogen) atoms. The predicted octanol–water partition coefficient (Wildman–Crippen LogP) is 6.50. The molecule has 5 rings (SSSR count). The van der Waals surface area contributed by atoms with E-state index >= 15 is 0 Å². The zero-order valence-corrected chi connectivity index (χ0v) is 29.6. The Bertz CT molecular complexity index is 1810. The van der Waals surface area contributed by atoms with E-state index in [0.717, 1.165) is 36.0 Å². The third-order valence-corrected chi connectivity index (χ3v) is 8.74. The van der Waals surface area contributed by atoms with Crippen LogP contribution in [0.15, 0.2) is 60.7 Å². The molecule has 1 aliphatic heterocycles. The summed E-state index contributed by atoms with van der Waals surface area (Å²) in [4.78, 5) is 12.6. The molecule has 0 spiro atoms. The number of hydrogen-bond acceptors (Lipinski definition) is 10. The molecule has 0 aromatic heterocycles. The van der Waals surface area contributed by atoms with Gasteiger partial charge in [0.25, 0.3) is 5.91 Å². The lowest BCUT2D eigenvalue weighted by Crippen LogP contribution is -2.38. The topological polar surface area (TPSA) is 148 Å². The largest absolute Gasteiger partial charge is 0.496 e. The lowest BCUT2D eigenvalue weighted by molar-refractivity contribution is 0.0935. The Morgan fingerprint density at radius 1 is 0.686 bits per heavy atom. The molecule has 0 fully saturated rings. The first-order valence-electron chi connectivity index (χ1n) is 16.5. The summed E-state index contributed by atoms with van der Waals surface area (Å²) in [5.41, 5.74) is 5.34. The molecule has 0 bridgehead atoms. The van der Waals surface area contributed by atoms with Crippen molar-refractivity contribution >= 4 is 35.3 Å². The molecule has 5 N–H and O–H groups in total. The molecule has 0 saturated carbocycles. The van der Waals surface area contributed by atoms with Crippen molar-refractivity contribution in [1.29, 1.82) is 0 Å². The Morgan fingerprint density at radius 3 is 1.98 bits per heavy atom. The van der Waals surface area contributed by atoms with Crippen molar-refractivity contribution in [1.82, 2.24) is 5.32 Å². The van der Waals surface area contributed by atoms with E-state index in [9.17, 15) is 20.1 Å². The van der Waals surface area contributed by atoms with Crippen molar-refractivity contribution in [2.75, 3.05) is 39.9 Å². The Balaban J connectivity index is 1.12. The molecular weight excluding hydrogens is 676 g/mol. The Labute approximate surface area is 302 Å². The maximum atomic E-state index is 12.6. The second-order valence-electron chi connectivity index (χ2n) is 11.8. The van der Waals surface area contributed by atoms with Crippen LogP contribution in [0.3, 0.4) is 0 Å². The summed E-state index contributed by atoms with van der Waals surface area (Å²) in [6, 6.07) is 17.9. The zero-order chi connectivity index (χ0) is 36.3. The minimum Gasteiger partial charge on any atom is -0.496 e. The summed E-state index contributed by atoms with van der Waals surface area (Å²) in [6.07, 6.45) is 5.68. The van der Waals surface area contributed by atoms with Gasteiger partial charge in [-0.2, -0.15) is 0 Å². The Hall–Kier alpha value is -4.94. The van der Waals surface area contributed by atoms with Gasteiger partial charge in [0.15, 0.2) is 11.5 Å². The molecule has 1 aliphatic rings. The fourth-order valence-corrected chi connectivity index (χ4v) is 6.01. The van der Waals surface area contributed by atoms with Crippen LogP contribution >= 0.6 is 11.6 Å². The van der Waals surface area contributed by atoms with E-state index < -0.39 is 6.17 Å². The Kier molecular flexibility index (Phi) is 13.0. The van der Waals surface area contributed by atoms with Crippen LogP contribution in [0.4, 0.5) is 5.69 Å². The van der Waals surface area contributed by atoms with Gasteiger partial charge in [-0.25, -0.2) is 0 Å². The number of anilines is 1. The number of rotatable bonds is 17. The smallest absolute Gasteiger partial charge is 0.255 e. The standard InChI is InChI=1S/C39H43ClN2O9/c1-47-34-16-24(15-27(21-43)31(34)23-45)7-8-25-17-35(48-2)37(36(18-25)49-3)51-14-6-4-5-13-50-33-12-9-26(19-28(33)22-44)38-41-32-11-10-29(40)20-30(32)39(46)42-38/h7-12,15-20,38,41,43-45H,4-6,13-14,21-23H2,1-3H3,(H,42,46)/b8-7-. The van der Waals surface area contributed by atoms with Gasteiger partial charge in [0.05, 0.1) is 59.9 Å². The molecule has 0 aliphatic carbocycles. The summed E-state index contributed by atoms with van der Waals surface area (Å²) >= 11 is 6.05. The maximum absolute atomic E-state index is 12.6. The van der Waals surface area contributed by atoms with Crippen LogP contribution in [-0.2, 0) is 19.8 Å². The molecule has 270 valence electrons. The molecule has 0 radical (unpaired) electrons. The first-order chi connectivity index (χ1) is 24.8. The molecule has 4 aromatic carbocycles. The fourth-order valence-electron chi connectivity index (χ4n) is 5.83. The van der Waals surface area contributed by atoms with Gasteiger partial charge >= 0.3 is 0 Å². The normalized spacial score (nSPS) is 13.7. The second kappa shape index (κ2) is 17.8. The lowest BCUT2D eigenvalue weighted by atomic mass is 10.0. The summed E-state index contributed by atoms with van der Waals surface area (Å²) in [5.74, 6) is 2.42. The van der Waals surface area contributed by atoms with Gasteiger partial charge in [0.1, 0.15) is 17.7 Å². The number of aliphatic hydroxyl groups excluding tert-OH is 3. The van der Waals surface area contributed by atoms with Crippen molar-refractivity contribution in [3.63, 3.8) is 0 Å². The first-order valence-corrected chi connectivity index (χ1v) is 16.9. The van der Waals surface area contributed by atoms with E-state index in [4.69, 9.17) is 35.3 Å². The predicted molar refractivity (Wildman–Crippen MR) is 196 cm³/mol. The van der Waals surface area contributed by atoms with E-state index in [2.05, 4.69) is 10.6 Å². The number of methoxy groups -OCH3 is 3. The quantitative estimate of drug-likeness (QED) is 0.0606. The molecular formula is C39H43ClN2O9. The van der Waals surface area contributed by atoms with Crippen molar-refractivity contribution in [3.05, 3.63) is 105 Å². The molecule has 0 saturated heterocycles.